The van der Waals surface area contributed by atoms with Crippen LogP contribution in [-0.2, 0) is 6.54 Å². The predicted molar refractivity (Wildman–Crippen MR) is 89.7 cm³/mol. The number of nitrogens with one attached hydrogen (secondary N) is 2. The number of amides is 2. The van der Waals surface area contributed by atoms with E-state index in [0.29, 0.717) is 23.7 Å². The van der Waals surface area contributed by atoms with Crippen molar-refractivity contribution < 1.29 is 32.2 Å². The Kier molecular flexibility index (Phi) is 5.58. The monoisotopic (exact) mass is 382 g/mol. The highest BCUT2D eigenvalue weighted by Crippen LogP contribution is 2.30. The van der Waals surface area contributed by atoms with Crippen LogP contribution < -0.4 is 24.8 Å². The number of fused-ring (bicyclic) bond motifs is 1. The summed E-state index contributed by atoms with van der Waals surface area (Å²) in [5.74, 6) is 0.971. The lowest BCUT2D eigenvalue weighted by molar-refractivity contribution is -0.274. The van der Waals surface area contributed by atoms with Gasteiger partial charge in [-0.15, -0.1) is 13.2 Å². The fraction of sp³-hybridized carbons (Fsp3) is 0.278. The number of benzene rings is 2. The average Bonchev–Trinajstić information content (AvgIpc) is 2.64. The van der Waals surface area contributed by atoms with Gasteiger partial charge in [0.15, 0.2) is 17.6 Å². The molecule has 0 spiro atoms. The Bertz CT molecular complexity index is 781. The van der Waals surface area contributed by atoms with Gasteiger partial charge in [0.1, 0.15) is 12.4 Å². The van der Waals surface area contributed by atoms with Crippen molar-refractivity contribution >= 4 is 6.03 Å². The fourth-order valence-electron chi connectivity index (χ4n) is 2.42. The average molecular weight is 382 g/mol. The van der Waals surface area contributed by atoms with Gasteiger partial charge in [0, 0.05) is 6.54 Å². The molecule has 1 aliphatic rings. The molecule has 0 fully saturated rings. The number of rotatable bonds is 5. The Labute approximate surface area is 153 Å². The number of halogens is 3. The number of hydrogen-bond acceptors (Lipinski definition) is 4. The topological polar surface area (TPSA) is 68.8 Å². The number of alkyl halides is 3. The van der Waals surface area contributed by atoms with Crippen molar-refractivity contribution in [3.8, 4) is 17.2 Å². The molecule has 2 amide bonds. The molecule has 0 saturated heterocycles. The van der Waals surface area contributed by atoms with Gasteiger partial charge in [-0.05, 0) is 29.8 Å². The molecule has 3 rings (SSSR count). The third-order valence-corrected chi connectivity index (χ3v) is 3.67. The summed E-state index contributed by atoms with van der Waals surface area (Å²) in [5, 5.41) is 5.28. The van der Waals surface area contributed by atoms with Crippen LogP contribution in [0, 0.1) is 0 Å². The van der Waals surface area contributed by atoms with Crippen LogP contribution in [0.4, 0.5) is 18.0 Å². The van der Waals surface area contributed by atoms with Crippen molar-refractivity contribution in [1.29, 1.82) is 0 Å². The Morgan fingerprint density at radius 2 is 1.78 bits per heavy atom. The smallest absolute Gasteiger partial charge is 0.486 e. The highest BCUT2D eigenvalue weighted by molar-refractivity contribution is 5.73. The van der Waals surface area contributed by atoms with Crippen molar-refractivity contribution in [3.05, 3.63) is 54.1 Å². The second-order valence-electron chi connectivity index (χ2n) is 5.75. The van der Waals surface area contributed by atoms with Crippen LogP contribution in [-0.4, -0.2) is 31.6 Å². The quantitative estimate of drug-likeness (QED) is 0.833. The summed E-state index contributed by atoms with van der Waals surface area (Å²) in [6, 6.07) is 12.1. The minimum absolute atomic E-state index is 0.156. The van der Waals surface area contributed by atoms with Crippen LogP contribution in [0.2, 0.25) is 0 Å². The van der Waals surface area contributed by atoms with E-state index < -0.39 is 12.4 Å². The first kappa shape index (κ1) is 18.7. The first-order valence-electron chi connectivity index (χ1n) is 8.14. The van der Waals surface area contributed by atoms with E-state index in [1.165, 1.54) is 24.3 Å². The van der Waals surface area contributed by atoms with Crippen LogP contribution in [0.15, 0.2) is 48.5 Å². The number of hydrogen-bond donors (Lipinski definition) is 2. The number of ether oxygens (including phenoxy) is 3. The van der Waals surface area contributed by atoms with Crippen LogP contribution in [0.3, 0.4) is 0 Å². The van der Waals surface area contributed by atoms with Gasteiger partial charge in [0.25, 0.3) is 0 Å². The molecule has 27 heavy (non-hydrogen) atoms. The fourth-order valence-corrected chi connectivity index (χ4v) is 2.42. The SMILES string of the molecule is O=C(NCc1ccc(OC(F)(F)F)cc1)NC[C@H]1COc2ccccc2O1. The van der Waals surface area contributed by atoms with Crippen LogP contribution in [0.1, 0.15) is 5.56 Å². The standard InChI is InChI=1S/C18H17F3N2O4/c19-18(20,21)27-13-7-5-12(6-8-13)9-22-17(24)23-10-14-11-25-15-3-1-2-4-16(15)26-14/h1-8,14H,9-11H2,(H2,22,23,24)/t14-/m0/s1. The van der Waals surface area contributed by atoms with E-state index in [4.69, 9.17) is 9.47 Å². The maximum absolute atomic E-state index is 12.1. The highest BCUT2D eigenvalue weighted by atomic mass is 19.4. The van der Waals surface area contributed by atoms with E-state index in [1.807, 2.05) is 12.1 Å². The molecule has 1 atom stereocenters. The molecular formula is C18H17F3N2O4. The molecule has 2 aromatic carbocycles. The lowest BCUT2D eigenvalue weighted by Crippen LogP contribution is -2.44. The van der Waals surface area contributed by atoms with E-state index >= 15 is 0 Å². The number of urea groups is 1. The lowest BCUT2D eigenvalue weighted by atomic mass is 10.2. The number of para-hydroxylation sites is 2. The van der Waals surface area contributed by atoms with E-state index in [-0.39, 0.29) is 24.9 Å². The zero-order chi connectivity index (χ0) is 19.3. The van der Waals surface area contributed by atoms with Crippen LogP contribution in [0.5, 0.6) is 17.2 Å². The summed E-state index contributed by atoms with van der Waals surface area (Å²) >= 11 is 0. The molecule has 0 bridgehead atoms. The molecule has 1 heterocycles. The Balaban J connectivity index is 1.40. The zero-order valence-corrected chi connectivity index (χ0v) is 14.1. The van der Waals surface area contributed by atoms with Gasteiger partial charge in [0.05, 0.1) is 6.54 Å². The minimum atomic E-state index is -4.73. The minimum Gasteiger partial charge on any atom is -0.486 e. The van der Waals surface area contributed by atoms with Gasteiger partial charge in [-0.3, -0.25) is 0 Å². The van der Waals surface area contributed by atoms with Gasteiger partial charge in [-0.2, -0.15) is 0 Å². The van der Waals surface area contributed by atoms with E-state index in [1.54, 1.807) is 12.1 Å². The first-order valence-corrected chi connectivity index (χ1v) is 8.14. The van der Waals surface area contributed by atoms with Gasteiger partial charge in [-0.25, -0.2) is 4.79 Å². The molecule has 0 radical (unpaired) electrons. The largest absolute Gasteiger partial charge is 0.573 e. The van der Waals surface area contributed by atoms with Crippen LogP contribution >= 0.6 is 0 Å². The van der Waals surface area contributed by atoms with Crippen molar-refractivity contribution in [2.45, 2.75) is 19.0 Å². The number of carbonyl (C=O) groups is 1. The zero-order valence-electron chi connectivity index (χ0n) is 14.1. The molecule has 0 aromatic heterocycles. The molecule has 6 nitrogen and oxygen atoms in total. The summed E-state index contributed by atoms with van der Waals surface area (Å²) in [4.78, 5) is 11.9. The van der Waals surface area contributed by atoms with Crippen molar-refractivity contribution in [2.24, 2.45) is 0 Å². The molecular weight excluding hydrogens is 365 g/mol. The molecule has 144 valence electrons. The van der Waals surface area contributed by atoms with E-state index in [0.717, 1.165) is 0 Å². The summed E-state index contributed by atoms with van der Waals surface area (Å²) in [6.07, 6.45) is -5.05. The summed E-state index contributed by atoms with van der Waals surface area (Å²) in [6.45, 7) is 0.722. The maximum Gasteiger partial charge on any atom is 0.573 e. The van der Waals surface area contributed by atoms with Gasteiger partial charge in [-0.1, -0.05) is 24.3 Å². The van der Waals surface area contributed by atoms with Crippen LogP contribution in [0.25, 0.3) is 0 Å². The van der Waals surface area contributed by atoms with E-state index in [2.05, 4.69) is 15.4 Å². The molecule has 2 N–H and O–H groups in total. The lowest BCUT2D eigenvalue weighted by Gasteiger charge is -2.26. The molecule has 1 aliphatic heterocycles. The second-order valence-corrected chi connectivity index (χ2v) is 5.75. The third kappa shape index (κ3) is 5.70. The van der Waals surface area contributed by atoms with Gasteiger partial charge < -0.3 is 24.8 Å². The molecule has 9 heteroatoms. The van der Waals surface area contributed by atoms with E-state index in [9.17, 15) is 18.0 Å². The first-order chi connectivity index (χ1) is 12.9. The summed E-state index contributed by atoms with van der Waals surface area (Å²) in [7, 11) is 0. The normalized spacial score (nSPS) is 15.7. The van der Waals surface area contributed by atoms with Crippen molar-refractivity contribution in [3.63, 3.8) is 0 Å². The summed E-state index contributed by atoms with van der Waals surface area (Å²) in [5.41, 5.74) is 0.630. The molecule has 2 aromatic rings. The molecule has 0 unspecified atom stereocenters. The maximum atomic E-state index is 12.1. The predicted octanol–water partition coefficient (Wildman–Crippen LogP) is 3.22. The Hall–Kier alpha value is -3.10. The number of carbonyl (C=O) groups excluding carboxylic acids is 1. The van der Waals surface area contributed by atoms with Gasteiger partial charge >= 0.3 is 12.4 Å². The molecule has 0 aliphatic carbocycles. The van der Waals surface area contributed by atoms with Crippen molar-refractivity contribution in [1.82, 2.24) is 10.6 Å². The van der Waals surface area contributed by atoms with Gasteiger partial charge in [0.2, 0.25) is 0 Å². The third-order valence-electron chi connectivity index (χ3n) is 3.67. The Morgan fingerprint density at radius 1 is 1.07 bits per heavy atom. The van der Waals surface area contributed by atoms with Crippen molar-refractivity contribution in [2.75, 3.05) is 13.2 Å². The highest BCUT2D eigenvalue weighted by Gasteiger charge is 2.30. The molecule has 0 saturated carbocycles. The Morgan fingerprint density at radius 3 is 2.48 bits per heavy atom. The second kappa shape index (κ2) is 8.07. The summed E-state index contributed by atoms with van der Waals surface area (Å²) < 4.78 is 51.4.